The lowest BCUT2D eigenvalue weighted by Crippen LogP contribution is -2.24. The average Bonchev–Trinajstić information content (AvgIpc) is 3.52. The summed E-state index contributed by atoms with van der Waals surface area (Å²) in [6.07, 6.45) is 3.42. The number of carboxylic acid groups (broad SMARTS) is 1. The van der Waals surface area contributed by atoms with Gasteiger partial charge in [-0.3, -0.25) is 13.7 Å². The molecule has 3 N–H and O–H groups in total. The molecule has 0 atom stereocenters. The van der Waals surface area contributed by atoms with E-state index in [1.165, 1.54) is 28.8 Å². The number of carbonyl (C=O) groups is 1. The van der Waals surface area contributed by atoms with Gasteiger partial charge in [-0.25, -0.2) is 9.59 Å². The smallest absolute Gasteiger partial charge is 0.399 e. The Morgan fingerprint density at radius 3 is 2.30 bits per heavy atom. The van der Waals surface area contributed by atoms with Crippen LogP contribution in [0, 0.1) is 0 Å². The zero-order chi connectivity index (χ0) is 24.1. The van der Waals surface area contributed by atoms with E-state index in [1.54, 1.807) is 22.9 Å². The van der Waals surface area contributed by atoms with Crippen molar-refractivity contribution in [3.63, 3.8) is 0 Å². The first kappa shape index (κ1) is 23.6. The molecule has 0 aliphatic heterocycles. The Balaban J connectivity index is 1.74. The molecule has 0 amide bonds. The number of imidazole rings is 1. The predicted octanol–water partition coefficient (Wildman–Crippen LogP) is 4.39. The van der Waals surface area contributed by atoms with Crippen molar-refractivity contribution in [3.8, 4) is 11.3 Å². The van der Waals surface area contributed by atoms with Crippen LogP contribution < -0.4 is 5.69 Å². The largest absolute Gasteiger partial charge is 0.478 e. The molecule has 2 aromatic carbocycles. The Labute approximate surface area is 194 Å². The number of hydrogen-bond donors (Lipinski definition) is 3. The second-order valence-corrected chi connectivity index (χ2v) is 10.3. The lowest BCUT2D eigenvalue weighted by atomic mass is 10.1. The zero-order valence-corrected chi connectivity index (χ0v) is 19.3. The fourth-order valence-electron chi connectivity index (χ4n) is 3.52. The van der Waals surface area contributed by atoms with E-state index in [9.17, 15) is 22.9 Å². The maximum atomic E-state index is 14.1. The van der Waals surface area contributed by atoms with Crippen LogP contribution in [0.4, 0.5) is 8.78 Å². The van der Waals surface area contributed by atoms with Crippen LogP contribution >= 0.6 is 23.5 Å². The van der Waals surface area contributed by atoms with Crippen molar-refractivity contribution >= 4 is 29.5 Å². The summed E-state index contributed by atoms with van der Waals surface area (Å²) < 4.78 is 42.3. The number of rotatable bonds is 7. The fraction of sp³-hybridized carbons (Fsp3) is 0.238. The van der Waals surface area contributed by atoms with Gasteiger partial charge in [0.05, 0.1) is 17.8 Å². The second kappa shape index (κ2) is 8.32. The summed E-state index contributed by atoms with van der Waals surface area (Å²) in [6, 6.07) is 9.60. The number of alkyl halides is 2. The summed E-state index contributed by atoms with van der Waals surface area (Å²) in [7, 11) is -5.73. The van der Waals surface area contributed by atoms with Crippen LogP contribution in [0.25, 0.3) is 11.3 Å². The molecule has 33 heavy (non-hydrogen) atoms. The minimum atomic E-state index is -5.73. The summed E-state index contributed by atoms with van der Waals surface area (Å²) in [4.78, 5) is 42.2. The molecule has 1 heterocycles. The van der Waals surface area contributed by atoms with Crippen LogP contribution in [-0.4, -0.2) is 30.0 Å². The topological polar surface area (TPSA) is 122 Å². The minimum absolute atomic E-state index is 0.00886. The van der Waals surface area contributed by atoms with Crippen LogP contribution in [0.15, 0.2) is 57.9 Å². The van der Waals surface area contributed by atoms with Crippen molar-refractivity contribution in [2.45, 2.75) is 31.1 Å². The average molecular weight is 543 g/mol. The van der Waals surface area contributed by atoms with Gasteiger partial charge < -0.3 is 14.9 Å². The van der Waals surface area contributed by atoms with Gasteiger partial charge in [-0.2, -0.15) is 8.78 Å². The molecule has 8 nitrogen and oxygen atoms in total. The third-order valence-electron chi connectivity index (χ3n) is 5.44. The van der Waals surface area contributed by atoms with Crippen molar-refractivity contribution in [2.24, 2.45) is 0 Å². The molecule has 0 unspecified atom stereocenters. The van der Waals surface area contributed by atoms with Gasteiger partial charge in [0.15, 0.2) is 0 Å². The summed E-state index contributed by atoms with van der Waals surface area (Å²) in [6.45, 7) is 0.00886. The first-order chi connectivity index (χ1) is 15.4. The number of aromatic nitrogens is 2. The number of benzene rings is 2. The van der Waals surface area contributed by atoms with Gasteiger partial charge in [-0.15, -0.1) is 0 Å². The monoisotopic (exact) mass is 542 g/mol. The van der Waals surface area contributed by atoms with E-state index in [0.29, 0.717) is 16.8 Å². The highest BCUT2D eigenvalue weighted by Crippen LogP contribution is 2.60. The number of hydrogen-bond acceptors (Lipinski definition) is 3. The molecule has 1 fully saturated rings. The lowest BCUT2D eigenvalue weighted by molar-refractivity contribution is 0.0557. The molecule has 0 bridgehead atoms. The van der Waals surface area contributed by atoms with Crippen LogP contribution in [-0.2, 0) is 16.8 Å². The standard InChI is InChI=1S/C21H18BrF2N2O6P/c22-17-9-12(1-8-16(17)21(23,24)33(30,31)32)10-26-18(11-25(20(26)29)15-6-7-15)13-2-4-14(5-3-13)19(27)28/h1-5,8-9,11,15H,6-7,10H2,(H,27,28)(H2,30,31,32). The quantitative estimate of drug-likeness (QED) is 0.381. The van der Waals surface area contributed by atoms with Gasteiger partial charge in [0.1, 0.15) is 0 Å². The Bertz CT molecular complexity index is 1340. The Morgan fingerprint density at radius 1 is 1.15 bits per heavy atom. The highest BCUT2D eigenvalue weighted by atomic mass is 79.9. The van der Waals surface area contributed by atoms with Gasteiger partial charge >= 0.3 is 24.9 Å². The van der Waals surface area contributed by atoms with Crippen molar-refractivity contribution in [1.82, 2.24) is 9.13 Å². The SMILES string of the molecule is O=C(O)c1ccc(-c2cn(C3CC3)c(=O)n2Cc2ccc(C(F)(F)P(=O)(O)O)c(Br)c2)cc1. The summed E-state index contributed by atoms with van der Waals surface area (Å²) in [5.41, 5.74) is -3.83. The first-order valence-corrected chi connectivity index (χ1v) is 12.2. The zero-order valence-electron chi connectivity index (χ0n) is 16.9. The van der Waals surface area contributed by atoms with Gasteiger partial charge in [0, 0.05) is 22.3 Å². The highest BCUT2D eigenvalue weighted by molar-refractivity contribution is 9.10. The maximum Gasteiger partial charge on any atom is 0.399 e. The molecule has 1 saturated carbocycles. The van der Waals surface area contributed by atoms with E-state index in [0.717, 1.165) is 18.9 Å². The second-order valence-electron chi connectivity index (χ2n) is 7.80. The lowest BCUT2D eigenvalue weighted by Gasteiger charge is -2.19. The van der Waals surface area contributed by atoms with Gasteiger partial charge in [0.25, 0.3) is 0 Å². The van der Waals surface area contributed by atoms with Crippen LogP contribution in [0.1, 0.15) is 40.4 Å². The van der Waals surface area contributed by atoms with Gasteiger partial charge in [0.2, 0.25) is 0 Å². The normalized spacial score (nSPS) is 14.5. The maximum absolute atomic E-state index is 14.1. The van der Waals surface area contributed by atoms with E-state index in [4.69, 9.17) is 14.9 Å². The van der Waals surface area contributed by atoms with Crippen molar-refractivity contribution in [2.75, 3.05) is 0 Å². The summed E-state index contributed by atoms with van der Waals surface area (Å²) >= 11 is 2.96. The van der Waals surface area contributed by atoms with Crippen molar-refractivity contribution in [1.29, 1.82) is 0 Å². The molecule has 12 heteroatoms. The number of carboxylic acids is 1. The van der Waals surface area contributed by atoms with E-state index < -0.39 is 24.8 Å². The third kappa shape index (κ3) is 4.46. The predicted molar refractivity (Wildman–Crippen MR) is 119 cm³/mol. The molecule has 1 aliphatic rings. The molecular weight excluding hydrogens is 525 g/mol. The van der Waals surface area contributed by atoms with E-state index in [1.807, 2.05) is 0 Å². The Kier molecular flexibility index (Phi) is 5.94. The van der Waals surface area contributed by atoms with Crippen LogP contribution in [0.3, 0.4) is 0 Å². The summed E-state index contributed by atoms with van der Waals surface area (Å²) in [5, 5.41) is 9.11. The number of nitrogens with zero attached hydrogens (tertiary/aromatic N) is 2. The van der Waals surface area contributed by atoms with Crippen LogP contribution in [0.5, 0.6) is 0 Å². The van der Waals surface area contributed by atoms with E-state index >= 15 is 0 Å². The molecule has 1 aromatic heterocycles. The molecule has 4 rings (SSSR count). The summed E-state index contributed by atoms with van der Waals surface area (Å²) in [5.74, 6) is -1.08. The van der Waals surface area contributed by atoms with Gasteiger partial charge in [-0.1, -0.05) is 40.2 Å². The fourth-order valence-corrected chi connectivity index (χ4v) is 4.86. The van der Waals surface area contributed by atoms with Crippen molar-refractivity contribution in [3.05, 3.63) is 80.3 Å². The van der Waals surface area contributed by atoms with E-state index in [2.05, 4.69) is 15.9 Å². The van der Waals surface area contributed by atoms with Gasteiger partial charge in [-0.05, 0) is 42.2 Å². The van der Waals surface area contributed by atoms with E-state index in [-0.39, 0.29) is 28.3 Å². The van der Waals surface area contributed by atoms with Crippen molar-refractivity contribution < 1.29 is 33.0 Å². The first-order valence-electron chi connectivity index (χ1n) is 9.78. The Hall–Kier alpha value is -2.59. The molecule has 0 radical (unpaired) electrons. The molecule has 1 aliphatic carbocycles. The minimum Gasteiger partial charge on any atom is -0.478 e. The number of halogens is 3. The Morgan fingerprint density at radius 2 is 1.79 bits per heavy atom. The molecular formula is C21H18BrF2N2O6P. The molecule has 0 spiro atoms. The highest BCUT2D eigenvalue weighted by Gasteiger charge is 2.51. The number of aromatic carboxylic acids is 1. The molecule has 3 aromatic rings. The third-order valence-corrected chi connectivity index (χ3v) is 7.06. The van der Waals surface area contributed by atoms with Crippen LogP contribution in [0.2, 0.25) is 0 Å². The molecule has 0 saturated heterocycles. The molecule has 174 valence electrons.